The van der Waals surface area contributed by atoms with Crippen LogP contribution in [0.3, 0.4) is 0 Å². The molecule has 0 heterocycles. The average molecular weight is 374 g/mol. The molecule has 140 valence electrons. The van der Waals surface area contributed by atoms with Crippen molar-refractivity contribution >= 4 is 12.2 Å². The Bertz CT molecular complexity index is 627. The van der Waals surface area contributed by atoms with Crippen molar-refractivity contribution in [3.8, 4) is 0 Å². The van der Waals surface area contributed by atoms with E-state index >= 15 is 0 Å². The second-order valence-corrected chi connectivity index (χ2v) is 5.00. The van der Waals surface area contributed by atoms with E-state index in [0.717, 1.165) is 6.92 Å². The Balaban J connectivity index is 3.51. The van der Waals surface area contributed by atoms with Crippen molar-refractivity contribution in [2.45, 2.75) is 31.4 Å². The minimum absolute atomic E-state index is 0.114. The highest BCUT2D eigenvalue weighted by atomic mass is 19.4. The largest absolute Gasteiger partial charge is 0.465 e. The maximum Gasteiger partial charge on any atom is 0.416 e. The minimum atomic E-state index is -5.12. The number of amides is 2. The number of benzene rings is 1. The zero-order chi connectivity index (χ0) is 19.6. The average Bonchev–Trinajstić information content (AvgIpc) is 2.41. The fraction of sp³-hybridized carbons (Fsp3) is 0.385. The maximum absolute atomic E-state index is 12.9. The predicted molar refractivity (Wildman–Crippen MR) is 71.0 cm³/mol. The fourth-order valence-electron chi connectivity index (χ4n) is 2.07. The van der Waals surface area contributed by atoms with Gasteiger partial charge in [-0.2, -0.15) is 26.3 Å². The molecule has 4 N–H and O–H groups in total. The Morgan fingerprint density at radius 2 is 1.28 bits per heavy atom. The summed E-state index contributed by atoms with van der Waals surface area (Å²) < 4.78 is 77.2. The van der Waals surface area contributed by atoms with Gasteiger partial charge in [0.2, 0.25) is 0 Å². The third kappa shape index (κ3) is 5.72. The first kappa shape index (κ1) is 20.4. The lowest BCUT2D eigenvalue weighted by Gasteiger charge is -2.26. The van der Waals surface area contributed by atoms with Crippen molar-refractivity contribution in [1.29, 1.82) is 0 Å². The second-order valence-electron chi connectivity index (χ2n) is 5.00. The van der Waals surface area contributed by atoms with Crippen LogP contribution in [0.1, 0.15) is 29.7 Å². The molecule has 12 heteroatoms. The molecule has 0 aliphatic heterocycles. The summed E-state index contributed by atoms with van der Waals surface area (Å²) >= 11 is 0. The smallest absolute Gasteiger partial charge is 0.416 e. The monoisotopic (exact) mass is 374 g/mol. The molecule has 1 aromatic rings. The number of alkyl halides is 6. The molecule has 0 saturated carbocycles. The molecule has 2 atom stereocenters. The van der Waals surface area contributed by atoms with Crippen LogP contribution in [-0.2, 0) is 12.4 Å². The lowest BCUT2D eigenvalue weighted by atomic mass is 9.95. The van der Waals surface area contributed by atoms with Crippen molar-refractivity contribution in [2.75, 3.05) is 0 Å². The van der Waals surface area contributed by atoms with E-state index in [1.807, 2.05) is 0 Å². The summed E-state index contributed by atoms with van der Waals surface area (Å²) in [7, 11) is 0. The zero-order valence-electron chi connectivity index (χ0n) is 12.4. The number of nitrogens with one attached hydrogen (secondary N) is 2. The van der Waals surface area contributed by atoms with Gasteiger partial charge in [0.25, 0.3) is 0 Å². The van der Waals surface area contributed by atoms with Gasteiger partial charge in [0.1, 0.15) is 0 Å². The van der Waals surface area contributed by atoms with Crippen LogP contribution < -0.4 is 10.6 Å². The van der Waals surface area contributed by atoms with E-state index in [2.05, 4.69) is 0 Å². The van der Waals surface area contributed by atoms with Crippen LogP contribution in [0, 0.1) is 0 Å². The number of hydrogen-bond donors (Lipinski definition) is 4. The van der Waals surface area contributed by atoms with Crippen LogP contribution in [0.25, 0.3) is 0 Å². The van der Waals surface area contributed by atoms with Gasteiger partial charge in [-0.25, -0.2) is 9.59 Å². The van der Waals surface area contributed by atoms with Crippen molar-refractivity contribution in [1.82, 2.24) is 10.6 Å². The topological polar surface area (TPSA) is 98.7 Å². The summed E-state index contributed by atoms with van der Waals surface area (Å²) in [4.78, 5) is 21.4. The maximum atomic E-state index is 12.9. The molecule has 1 aromatic carbocycles. The van der Waals surface area contributed by atoms with E-state index in [9.17, 15) is 35.9 Å². The van der Waals surface area contributed by atoms with Crippen molar-refractivity contribution in [3.63, 3.8) is 0 Å². The minimum Gasteiger partial charge on any atom is -0.465 e. The van der Waals surface area contributed by atoms with Crippen LogP contribution in [0.15, 0.2) is 18.2 Å². The molecule has 1 rings (SSSR count). The Hall–Kier alpha value is -2.66. The summed E-state index contributed by atoms with van der Waals surface area (Å²) in [5.74, 6) is 0. The lowest BCUT2D eigenvalue weighted by Crippen LogP contribution is -2.43. The lowest BCUT2D eigenvalue weighted by molar-refractivity contribution is -0.143. The van der Waals surface area contributed by atoms with Crippen LogP contribution in [-0.4, -0.2) is 28.4 Å². The number of carboxylic acid groups (broad SMARTS) is 2. The van der Waals surface area contributed by atoms with Crippen molar-refractivity contribution < 1.29 is 46.1 Å². The van der Waals surface area contributed by atoms with Gasteiger partial charge in [-0.3, -0.25) is 0 Å². The van der Waals surface area contributed by atoms with Crippen LogP contribution in [0.4, 0.5) is 35.9 Å². The van der Waals surface area contributed by atoms with Gasteiger partial charge in [0.15, 0.2) is 0 Å². The molecular formula is C13H12F6N2O4. The Morgan fingerprint density at radius 1 is 0.880 bits per heavy atom. The quantitative estimate of drug-likeness (QED) is 0.604. The number of hydrogen-bond acceptors (Lipinski definition) is 2. The molecule has 0 saturated heterocycles. The second kappa shape index (κ2) is 7.07. The SMILES string of the molecule is C[C@H](NC(=O)O)[C@H](NC(=O)O)c1cc(C(F)(F)F)cc(C(F)(F)F)c1. The van der Waals surface area contributed by atoms with Crippen LogP contribution >= 0.6 is 0 Å². The first-order valence-electron chi connectivity index (χ1n) is 6.50. The third-order valence-corrected chi connectivity index (χ3v) is 3.10. The summed E-state index contributed by atoms with van der Waals surface area (Å²) in [5.41, 5.74) is -3.97. The van der Waals surface area contributed by atoms with Crippen molar-refractivity contribution in [2.24, 2.45) is 0 Å². The predicted octanol–water partition coefficient (Wildman–Crippen LogP) is 3.69. The van der Waals surface area contributed by atoms with Gasteiger partial charge < -0.3 is 20.8 Å². The molecule has 6 nitrogen and oxygen atoms in total. The van der Waals surface area contributed by atoms with E-state index < -0.39 is 53.3 Å². The molecule has 0 spiro atoms. The van der Waals surface area contributed by atoms with E-state index in [1.54, 1.807) is 10.6 Å². The number of rotatable bonds is 4. The number of carbonyl (C=O) groups is 2. The highest BCUT2D eigenvalue weighted by Gasteiger charge is 2.38. The Labute approximate surface area is 136 Å². The third-order valence-electron chi connectivity index (χ3n) is 3.10. The molecule has 0 aliphatic rings. The zero-order valence-corrected chi connectivity index (χ0v) is 12.4. The molecule has 0 fully saturated rings. The van der Waals surface area contributed by atoms with Gasteiger partial charge in [-0.1, -0.05) is 0 Å². The van der Waals surface area contributed by atoms with E-state index in [4.69, 9.17) is 10.2 Å². The van der Waals surface area contributed by atoms with Gasteiger partial charge in [-0.05, 0) is 30.7 Å². The first-order valence-corrected chi connectivity index (χ1v) is 6.50. The molecule has 0 unspecified atom stereocenters. The highest BCUT2D eigenvalue weighted by Crippen LogP contribution is 2.37. The summed E-state index contributed by atoms with van der Waals surface area (Å²) in [5, 5.41) is 20.9. The van der Waals surface area contributed by atoms with E-state index in [1.165, 1.54) is 0 Å². The standard InChI is InChI=1S/C13H12F6N2O4/c1-5(20-10(22)23)9(21-11(24)25)6-2-7(12(14,15)16)4-8(3-6)13(17,18)19/h2-5,9,20-21H,1H3,(H,22,23)(H,24,25)/t5-,9-/m0/s1. The van der Waals surface area contributed by atoms with Gasteiger partial charge in [-0.15, -0.1) is 0 Å². The normalized spacial score (nSPS) is 14.5. The molecule has 0 bridgehead atoms. The molecule has 0 aliphatic carbocycles. The summed E-state index contributed by atoms with van der Waals surface area (Å²) in [6.07, 6.45) is -13.6. The Kier molecular flexibility index (Phi) is 5.76. The van der Waals surface area contributed by atoms with Crippen molar-refractivity contribution in [3.05, 3.63) is 34.9 Å². The summed E-state index contributed by atoms with van der Waals surface area (Å²) in [6, 6.07) is -2.49. The Morgan fingerprint density at radius 3 is 1.60 bits per heavy atom. The van der Waals surface area contributed by atoms with E-state index in [0.29, 0.717) is 12.1 Å². The molecule has 0 radical (unpaired) electrons. The van der Waals surface area contributed by atoms with Gasteiger partial charge in [0, 0.05) is 0 Å². The fourth-order valence-corrected chi connectivity index (χ4v) is 2.07. The van der Waals surface area contributed by atoms with Crippen LogP contribution in [0.2, 0.25) is 0 Å². The van der Waals surface area contributed by atoms with Gasteiger partial charge >= 0.3 is 24.5 Å². The van der Waals surface area contributed by atoms with Gasteiger partial charge in [0.05, 0.1) is 23.2 Å². The molecular weight excluding hydrogens is 362 g/mol. The van der Waals surface area contributed by atoms with Crippen LogP contribution in [0.5, 0.6) is 0 Å². The first-order chi connectivity index (χ1) is 11.2. The molecule has 25 heavy (non-hydrogen) atoms. The number of halogens is 6. The molecule has 2 amide bonds. The highest BCUT2D eigenvalue weighted by molar-refractivity contribution is 5.67. The summed E-state index contributed by atoms with van der Waals surface area (Å²) in [6.45, 7) is 1.09. The molecule has 0 aromatic heterocycles. The van der Waals surface area contributed by atoms with E-state index in [-0.39, 0.29) is 6.07 Å².